The molecule has 0 saturated carbocycles. The Bertz CT molecular complexity index is 966. The van der Waals surface area contributed by atoms with Gasteiger partial charge in [-0.2, -0.15) is 0 Å². The maximum atomic E-state index is 12.4. The standard InChI is InChI=1S/C20H19BrN4O2/c1-24-12-11-22-19(24)18(26)14-7-9-16(10-8-14)23-20(27)25(2)13-15-5-3-4-6-17(15)21/h3-12H,13H2,1-2H3,(H,23,27). The fourth-order valence-electron chi connectivity index (χ4n) is 2.59. The second-order valence-electron chi connectivity index (χ2n) is 6.15. The van der Waals surface area contributed by atoms with Crippen LogP contribution in [0, 0.1) is 0 Å². The molecule has 0 aliphatic heterocycles. The number of ketones is 1. The molecule has 0 fully saturated rings. The molecule has 3 aromatic rings. The Labute approximate surface area is 166 Å². The van der Waals surface area contributed by atoms with E-state index in [2.05, 4.69) is 26.2 Å². The number of imidazole rings is 1. The first-order chi connectivity index (χ1) is 13.0. The molecular weight excluding hydrogens is 408 g/mol. The number of hydrogen-bond acceptors (Lipinski definition) is 3. The molecule has 2 amide bonds. The average molecular weight is 427 g/mol. The lowest BCUT2D eigenvalue weighted by Crippen LogP contribution is -2.30. The van der Waals surface area contributed by atoms with Crippen LogP contribution in [0.15, 0.2) is 65.4 Å². The van der Waals surface area contributed by atoms with Crippen LogP contribution < -0.4 is 5.32 Å². The van der Waals surface area contributed by atoms with Crippen molar-refractivity contribution in [2.45, 2.75) is 6.54 Å². The van der Waals surface area contributed by atoms with Crippen molar-refractivity contribution in [2.75, 3.05) is 12.4 Å². The van der Waals surface area contributed by atoms with E-state index in [4.69, 9.17) is 0 Å². The van der Waals surface area contributed by atoms with E-state index in [-0.39, 0.29) is 11.8 Å². The van der Waals surface area contributed by atoms with E-state index in [1.54, 1.807) is 60.2 Å². The highest BCUT2D eigenvalue weighted by atomic mass is 79.9. The number of carbonyl (C=O) groups is 2. The van der Waals surface area contributed by atoms with Crippen molar-refractivity contribution in [3.63, 3.8) is 0 Å². The van der Waals surface area contributed by atoms with Gasteiger partial charge in [0.25, 0.3) is 0 Å². The highest BCUT2D eigenvalue weighted by Gasteiger charge is 2.14. The minimum absolute atomic E-state index is 0.161. The van der Waals surface area contributed by atoms with Gasteiger partial charge in [0.15, 0.2) is 5.82 Å². The number of urea groups is 1. The third kappa shape index (κ3) is 4.43. The molecule has 1 N–H and O–H groups in total. The van der Waals surface area contributed by atoms with E-state index in [1.807, 2.05) is 24.3 Å². The summed E-state index contributed by atoms with van der Waals surface area (Å²) in [6.07, 6.45) is 3.31. The number of amides is 2. The highest BCUT2D eigenvalue weighted by molar-refractivity contribution is 9.10. The van der Waals surface area contributed by atoms with Crippen molar-refractivity contribution in [1.82, 2.24) is 14.5 Å². The maximum Gasteiger partial charge on any atom is 0.321 e. The molecule has 0 aliphatic carbocycles. The smallest absolute Gasteiger partial charge is 0.321 e. The molecule has 6 nitrogen and oxygen atoms in total. The van der Waals surface area contributed by atoms with Gasteiger partial charge in [-0.3, -0.25) is 4.79 Å². The Balaban J connectivity index is 1.64. The lowest BCUT2D eigenvalue weighted by Gasteiger charge is -2.19. The Morgan fingerprint density at radius 2 is 1.85 bits per heavy atom. The van der Waals surface area contributed by atoms with Gasteiger partial charge in [0.1, 0.15) is 0 Å². The first-order valence-electron chi connectivity index (χ1n) is 8.33. The molecule has 27 heavy (non-hydrogen) atoms. The number of aryl methyl sites for hydroxylation is 1. The predicted molar refractivity (Wildman–Crippen MR) is 108 cm³/mol. The topological polar surface area (TPSA) is 67.2 Å². The van der Waals surface area contributed by atoms with Crippen LogP contribution in [0.3, 0.4) is 0 Å². The number of nitrogens with one attached hydrogen (secondary N) is 1. The van der Waals surface area contributed by atoms with E-state index in [0.717, 1.165) is 10.0 Å². The zero-order chi connectivity index (χ0) is 19.4. The summed E-state index contributed by atoms with van der Waals surface area (Å²) in [5.41, 5.74) is 2.16. The normalized spacial score (nSPS) is 10.5. The van der Waals surface area contributed by atoms with Gasteiger partial charge in [-0.25, -0.2) is 9.78 Å². The van der Waals surface area contributed by atoms with Gasteiger partial charge in [-0.1, -0.05) is 34.1 Å². The molecule has 3 rings (SSSR count). The van der Waals surface area contributed by atoms with Gasteiger partial charge in [-0.05, 0) is 35.9 Å². The number of halogens is 1. The van der Waals surface area contributed by atoms with Crippen molar-refractivity contribution >= 4 is 33.4 Å². The molecule has 0 atom stereocenters. The summed E-state index contributed by atoms with van der Waals surface area (Å²) in [7, 11) is 3.50. The zero-order valence-corrected chi connectivity index (χ0v) is 16.6. The summed E-state index contributed by atoms with van der Waals surface area (Å²) in [4.78, 5) is 30.5. The van der Waals surface area contributed by atoms with Crippen LogP contribution in [0.1, 0.15) is 21.7 Å². The van der Waals surface area contributed by atoms with Crippen LogP contribution in [-0.4, -0.2) is 33.3 Å². The van der Waals surface area contributed by atoms with Crippen LogP contribution in [0.25, 0.3) is 0 Å². The number of carbonyl (C=O) groups excluding carboxylic acids is 2. The predicted octanol–water partition coefficient (Wildman–Crippen LogP) is 4.08. The molecule has 138 valence electrons. The number of benzene rings is 2. The Morgan fingerprint density at radius 1 is 1.15 bits per heavy atom. The van der Waals surface area contributed by atoms with Crippen molar-refractivity contribution in [2.24, 2.45) is 7.05 Å². The van der Waals surface area contributed by atoms with Gasteiger partial charge in [0.2, 0.25) is 5.78 Å². The number of nitrogens with zero attached hydrogens (tertiary/aromatic N) is 3. The Kier molecular flexibility index (Phi) is 5.71. The van der Waals surface area contributed by atoms with Crippen LogP contribution in [-0.2, 0) is 13.6 Å². The van der Waals surface area contributed by atoms with Gasteiger partial charge < -0.3 is 14.8 Å². The molecule has 7 heteroatoms. The third-order valence-corrected chi connectivity index (χ3v) is 4.91. The lowest BCUT2D eigenvalue weighted by molar-refractivity contribution is 0.102. The number of rotatable bonds is 5. The monoisotopic (exact) mass is 426 g/mol. The van der Waals surface area contributed by atoms with E-state index in [9.17, 15) is 9.59 Å². The average Bonchev–Trinajstić information content (AvgIpc) is 3.09. The van der Waals surface area contributed by atoms with Crippen molar-refractivity contribution in [3.05, 3.63) is 82.3 Å². The SMILES string of the molecule is CN(Cc1ccccc1Br)C(=O)Nc1ccc(C(=O)c2nccn2C)cc1. The van der Waals surface area contributed by atoms with E-state index >= 15 is 0 Å². The number of hydrogen-bond donors (Lipinski definition) is 1. The molecule has 1 aromatic heterocycles. The maximum absolute atomic E-state index is 12.4. The van der Waals surface area contributed by atoms with Crippen LogP contribution >= 0.6 is 15.9 Å². The first kappa shape index (κ1) is 18.8. The minimum Gasteiger partial charge on any atom is -0.331 e. The fourth-order valence-corrected chi connectivity index (χ4v) is 3.00. The molecule has 0 spiro atoms. The molecule has 0 saturated heterocycles. The molecule has 2 aromatic carbocycles. The van der Waals surface area contributed by atoms with Crippen molar-refractivity contribution < 1.29 is 9.59 Å². The number of anilines is 1. The molecule has 0 aliphatic rings. The second-order valence-corrected chi connectivity index (χ2v) is 7.00. The van der Waals surface area contributed by atoms with Crippen molar-refractivity contribution in [1.29, 1.82) is 0 Å². The van der Waals surface area contributed by atoms with Gasteiger partial charge in [0, 0.05) is 48.8 Å². The van der Waals surface area contributed by atoms with Gasteiger partial charge >= 0.3 is 6.03 Å². The molecule has 1 heterocycles. The third-order valence-electron chi connectivity index (χ3n) is 4.13. The van der Waals surface area contributed by atoms with Crippen molar-refractivity contribution in [3.8, 4) is 0 Å². The Hall–Kier alpha value is -2.93. The van der Waals surface area contributed by atoms with Crippen LogP contribution in [0.5, 0.6) is 0 Å². The molecule has 0 unspecified atom stereocenters. The van der Waals surface area contributed by atoms with Gasteiger partial charge in [0.05, 0.1) is 0 Å². The van der Waals surface area contributed by atoms with Crippen LogP contribution in [0.4, 0.5) is 10.5 Å². The largest absolute Gasteiger partial charge is 0.331 e. The summed E-state index contributed by atoms with van der Waals surface area (Å²) in [5.74, 6) is 0.214. The minimum atomic E-state index is -0.228. The lowest BCUT2D eigenvalue weighted by atomic mass is 10.1. The molecule has 0 bridgehead atoms. The quantitative estimate of drug-likeness (QED) is 0.624. The second kappa shape index (κ2) is 8.18. The van der Waals surface area contributed by atoms with Crippen LogP contribution in [0.2, 0.25) is 0 Å². The summed E-state index contributed by atoms with van der Waals surface area (Å²) < 4.78 is 2.64. The van der Waals surface area contributed by atoms with E-state index < -0.39 is 0 Å². The summed E-state index contributed by atoms with van der Waals surface area (Å²) in [6, 6.07) is 14.3. The van der Waals surface area contributed by atoms with E-state index in [1.165, 1.54) is 0 Å². The number of aromatic nitrogens is 2. The van der Waals surface area contributed by atoms with E-state index in [0.29, 0.717) is 23.6 Å². The summed E-state index contributed by atoms with van der Waals surface area (Å²) in [5, 5.41) is 2.83. The first-order valence-corrected chi connectivity index (χ1v) is 9.12. The zero-order valence-electron chi connectivity index (χ0n) is 15.0. The molecule has 0 radical (unpaired) electrons. The van der Waals surface area contributed by atoms with Gasteiger partial charge in [-0.15, -0.1) is 0 Å². The summed E-state index contributed by atoms with van der Waals surface area (Å²) >= 11 is 3.49. The highest BCUT2D eigenvalue weighted by Crippen LogP contribution is 2.18. The molecular formula is C20H19BrN4O2. The Morgan fingerprint density at radius 3 is 2.48 bits per heavy atom. The summed E-state index contributed by atoms with van der Waals surface area (Å²) in [6.45, 7) is 0.475. The fraction of sp³-hybridized carbons (Fsp3) is 0.150.